The molecule has 8 nitrogen and oxygen atoms in total. The third-order valence-electron chi connectivity index (χ3n) is 8.09. The molecule has 2 aromatic heterocycles. The minimum absolute atomic E-state index is 0.0628. The number of anilines is 1. The van der Waals surface area contributed by atoms with Crippen molar-refractivity contribution in [1.29, 1.82) is 0 Å². The van der Waals surface area contributed by atoms with Crippen LogP contribution in [0.4, 0.5) is 18.3 Å². The predicted octanol–water partition coefficient (Wildman–Crippen LogP) is 7.68. The molecule has 3 fully saturated rings. The molecule has 3 aliphatic rings. The highest BCUT2D eigenvalue weighted by Gasteiger charge is 2.49. The number of rotatable bonds is 6. The van der Waals surface area contributed by atoms with Gasteiger partial charge < -0.3 is 19.3 Å². The van der Waals surface area contributed by atoms with Gasteiger partial charge in [0.05, 0.1) is 31.4 Å². The summed E-state index contributed by atoms with van der Waals surface area (Å²) in [5.41, 5.74) is -0.959. The van der Waals surface area contributed by atoms with Crippen molar-refractivity contribution in [3.05, 3.63) is 62.8 Å². The first kappa shape index (κ1) is 27.5. The van der Waals surface area contributed by atoms with Gasteiger partial charge in [-0.1, -0.05) is 45.8 Å². The highest BCUT2D eigenvalue weighted by molar-refractivity contribution is 7.22. The SMILES string of the molecule is O=C(O)c1cc(C(F)(F)F)c2nc(N3C[C@@H]4C[C@H]3C[C@H]4OC(=O)c3c(-c4c(Cl)cccc4Cl)noc3C3CC3)sc2c1. The Balaban J connectivity index is 1.13. The number of fused-ring (bicyclic) bond motifs is 3. The van der Waals surface area contributed by atoms with E-state index in [1.165, 1.54) is 6.07 Å². The van der Waals surface area contributed by atoms with Gasteiger partial charge in [0.25, 0.3) is 0 Å². The Morgan fingerprint density at radius 2 is 1.88 bits per heavy atom. The lowest BCUT2D eigenvalue weighted by Crippen LogP contribution is -2.39. The molecule has 3 heterocycles. The van der Waals surface area contributed by atoms with Crippen molar-refractivity contribution in [3.63, 3.8) is 0 Å². The van der Waals surface area contributed by atoms with Gasteiger partial charge >= 0.3 is 18.1 Å². The van der Waals surface area contributed by atoms with Crippen LogP contribution in [0.25, 0.3) is 21.5 Å². The Kier molecular flexibility index (Phi) is 6.45. The van der Waals surface area contributed by atoms with E-state index in [0.717, 1.165) is 24.2 Å². The van der Waals surface area contributed by atoms with Crippen LogP contribution in [0.2, 0.25) is 10.0 Å². The number of piperidine rings is 1. The van der Waals surface area contributed by atoms with Gasteiger partial charge in [0, 0.05) is 36.4 Å². The number of esters is 1. The van der Waals surface area contributed by atoms with E-state index in [0.29, 0.717) is 52.0 Å². The Labute approximate surface area is 250 Å². The summed E-state index contributed by atoms with van der Waals surface area (Å²) in [4.78, 5) is 31.3. The lowest BCUT2D eigenvalue weighted by Gasteiger charge is -2.31. The monoisotopic (exact) mass is 637 g/mol. The zero-order valence-corrected chi connectivity index (χ0v) is 23.8. The third kappa shape index (κ3) is 4.60. The molecule has 2 aliphatic carbocycles. The predicted molar refractivity (Wildman–Crippen MR) is 149 cm³/mol. The summed E-state index contributed by atoms with van der Waals surface area (Å²) < 4.78 is 53.0. The van der Waals surface area contributed by atoms with Gasteiger partial charge in [0.15, 0.2) is 10.9 Å². The second-order valence-corrected chi connectivity index (χ2v) is 12.6. The molecule has 218 valence electrons. The molecule has 1 aliphatic heterocycles. The Bertz CT molecular complexity index is 1750. The van der Waals surface area contributed by atoms with E-state index in [-0.39, 0.29) is 39.4 Å². The highest BCUT2D eigenvalue weighted by Crippen LogP contribution is 2.48. The number of carbonyl (C=O) groups is 2. The zero-order chi connectivity index (χ0) is 29.5. The number of carbonyl (C=O) groups excluding carboxylic acids is 1. The van der Waals surface area contributed by atoms with E-state index in [9.17, 15) is 27.9 Å². The first-order valence-corrected chi connectivity index (χ1v) is 14.7. The van der Waals surface area contributed by atoms with Crippen molar-refractivity contribution < 1.29 is 37.1 Å². The van der Waals surface area contributed by atoms with E-state index in [1.807, 2.05) is 4.90 Å². The molecular formula is C28H20Cl2F3N3O5S. The molecule has 7 rings (SSSR count). The second kappa shape index (κ2) is 9.85. The number of hydrogen-bond donors (Lipinski definition) is 1. The molecule has 2 bridgehead atoms. The van der Waals surface area contributed by atoms with Crippen LogP contribution in [0.5, 0.6) is 0 Å². The molecular weight excluding hydrogens is 618 g/mol. The first-order chi connectivity index (χ1) is 20.0. The van der Waals surface area contributed by atoms with Gasteiger partial charge in [-0.15, -0.1) is 0 Å². The average molecular weight is 638 g/mol. The van der Waals surface area contributed by atoms with E-state index >= 15 is 0 Å². The van der Waals surface area contributed by atoms with Gasteiger partial charge in [0.2, 0.25) is 0 Å². The highest BCUT2D eigenvalue weighted by atomic mass is 35.5. The first-order valence-electron chi connectivity index (χ1n) is 13.2. The van der Waals surface area contributed by atoms with Crippen molar-refractivity contribution in [3.8, 4) is 11.3 Å². The van der Waals surface area contributed by atoms with Crippen molar-refractivity contribution in [1.82, 2.24) is 10.1 Å². The fourth-order valence-corrected chi connectivity index (χ4v) is 7.67. The van der Waals surface area contributed by atoms with Crippen molar-refractivity contribution >= 4 is 61.8 Å². The standard InChI is InChI=1S/C28H20Cl2F3N3O5S/c29-16-2-1-3-17(30)20(16)23-21(24(41-35-23)11-4-5-11)26(39)40-18-9-14-6-13(18)10-36(14)27-34-22-15(28(31,32)33)7-12(25(37)38)8-19(22)42-27/h1-3,7-8,11,13-14,18H,4-6,9-10H2,(H,37,38)/t13-,14-,18+/m0/s1. The number of alkyl halides is 3. The zero-order valence-electron chi connectivity index (χ0n) is 21.5. The summed E-state index contributed by atoms with van der Waals surface area (Å²) >= 11 is 13.8. The lowest BCUT2D eigenvalue weighted by molar-refractivity contribution is -0.136. The molecule has 1 saturated heterocycles. The molecule has 1 N–H and O–H groups in total. The van der Waals surface area contributed by atoms with Crippen LogP contribution in [-0.2, 0) is 10.9 Å². The maximum Gasteiger partial charge on any atom is 0.418 e. The Morgan fingerprint density at radius 1 is 1.14 bits per heavy atom. The van der Waals surface area contributed by atoms with Crippen LogP contribution in [0.3, 0.4) is 0 Å². The Morgan fingerprint density at radius 3 is 2.50 bits per heavy atom. The third-order valence-corrected chi connectivity index (χ3v) is 9.76. The number of ether oxygens (including phenoxy) is 1. The molecule has 2 aromatic carbocycles. The minimum Gasteiger partial charge on any atom is -0.478 e. The maximum absolute atomic E-state index is 13.7. The summed E-state index contributed by atoms with van der Waals surface area (Å²) in [6, 6.07) is 6.71. The van der Waals surface area contributed by atoms with E-state index in [1.54, 1.807) is 18.2 Å². The van der Waals surface area contributed by atoms with Crippen LogP contribution in [-0.4, -0.2) is 45.9 Å². The van der Waals surface area contributed by atoms with E-state index in [4.69, 9.17) is 32.5 Å². The van der Waals surface area contributed by atoms with Crippen molar-refractivity contribution in [2.24, 2.45) is 5.92 Å². The van der Waals surface area contributed by atoms with Crippen molar-refractivity contribution in [2.75, 3.05) is 11.4 Å². The van der Waals surface area contributed by atoms with Crippen LogP contribution < -0.4 is 4.90 Å². The summed E-state index contributed by atoms with van der Waals surface area (Å²) in [5.74, 6) is -1.58. The number of nitrogens with zero attached hydrogens (tertiary/aromatic N) is 3. The smallest absolute Gasteiger partial charge is 0.418 e. The molecule has 4 aromatic rings. The normalized spacial score (nSPS) is 21.8. The molecule has 0 amide bonds. The molecule has 0 radical (unpaired) electrons. The number of aromatic nitrogens is 2. The van der Waals surface area contributed by atoms with Gasteiger partial charge in [-0.05, 0) is 43.5 Å². The molecule has 3 atom stereocenters. The molecule has 14 heteroatoms. The number of carboxylic acids is 1. The van der Waals surface area contributed by atoms with E-state index in [2.05, 4.69) is 10.1 Å². The van der Waals surface area contributed by atoms with Crippen LogP contribution in [0.1, 0.15) is 63.6 Å². The largest absolute Gasteiger partial charge is 0.478 e. The topological polar surface area (TPSA) is 106 Å². The fourth-order valence-electron chi connectivity index (χ4n) is 5.98. The minimum atomic E-state index is -4.76. The summed E-state index contributed by atoms with van der Waals surface area (Å²) in [6.45, 7) is 0.428. The quantitative estimate of drug-likeness (QED) is 0.215. The summed E-state index contributed by atoms with van der Waals surface area (Å²) in [7, 11) is 0. The molecule has 0 unspecified atom stereocenters. The lowest BCUT2D eigenvalue weighted by atomic mass is 10.0. The molecule has 42 heavy (non-hydrogen) atoms. The van der Waals surface area contributed by atoms with Gasteiger partial charge in [0.1, 0.15) is 17.4 Å². The van der Waals surface area contributed by atoms with Crippen LogP contribution in [0, 0.1) is 5.92 Å². The number of carboxylic acid groups (broad SMARTS) is 1. The summed E-state index contributed by atoms with van der Waals surface area (Å²) in [6.07, 6.45) is -2.32. The maximum atomic E-state index is 13.7. The number of hydrogen-bond acceptors (Lipinski definition) is 8. The number of halogens is 5. The van der Waals surface area contributed by atoms with E-state index < -0.39 is 35.3 Å². The number of benzene rings is 2. The van der Waals surface area contributed by atoms with Gasteiger partial charge in [-0.25, -0.2) is 14.6 Å². The van der Waals surface area contributed by atoms with Crippen LogP contribution in [0.15, 0.2) is 34.9 Å². The summed E-state index contributed by atoms with van der Waals surface area (Å²) in [5, 5.41) is 14.5. The Hall–Kier alpha value is -3.35. The molecule has 2 saturated carbocycles. The van der Waals surface area contributed by atoms with Crippen LogP contribution >= 0.6 is 34.5 Å². The van der Waals surface area contributed by atoms with Gasteiger partial charge in [-0.2, -0.15) is 13.2 Å². The number of thiazole rings is 1. The molecule has 0 spiro atoms. The van der Waals surface area contributed by atoms with Gasteiger partial charge in [-0.3, -0.25) is 0 Å². The second-order valence-electron chi connectivity index (χ2n) is 10.8. The average Bonchev–Trinajstić information content (AvgIpc) is 3.25. The fraction of sp³-hybridized carbons (Fsp3) is 0.357. The van der Waals surface area contributed by atoms with Crippen molar-refractivity contribution in [2.45, 2.75) is 49.9 Å². The number of aromatic carboxylic acids is 1.